The number of aliphatic hydroxyl groups excluding tert-OH is 1. The maximum atomic E-state index is 12.5. The number of hydrogen-bond donors (Lipinski definition) is 1. The first-order valence-electron chi connectivity index (χ1n) is 8.45. The normalized spacial score (nSPS) is 16.3. The second kappa shape index (κ2) is 7.50. The van der Waals surface area contributed by atoms with Gasteiger partial charge in [0.15, 0.2) is 17.8 Å². The van der Waals surface area contributed by atoms with Gasteiger partial charge in [-0.2, -0.15) is 0 Å². The summed E-state index contributed by atoms with van der Waals surface area (Å²) in [4.78, 5) is 16.2. The molecule has 0 bridgehead atoms. The molecule has 1 N–H and O–H groups in total. The molecule has 8 heteroatoms. The van der Waals surface area contributed by atoms with Crippen molar-refractivity contribution in [3.05, 3.63) is 38.7 Å². The van der Waals surface area contributed by atoms with E-state index in [9.17, 15) is 9.90 Å². The van der Waals surface area contributed by atoms with Gasteiger partial charge in [-0.05, 0) is 19.1 Å². The molecule has 0 aliphatic carbocycles. The summed E-state index contributed by atoms with van der Waals surface area (Å²) in [5.74, 6) is 0.580. The van der Waals surface area contributed by atoms with Crippen LogP contribution in [-0.4, -0.2) is 38.0 Å². The molecule has 3 aromatic heterocycles. The quantitative estimate of drug-likeness (QED) is 0.670. The van der Waals surface area contributed by atoms with Crippen LogP contribution in [0.1, 0.15) is 18.1 Å². The highest BCUT2D eigenvalue weighted by molar-refractivity contribution is 7.19. The highest BCUT2D eigenvalue weighted by atomic mass is 32.1. The molecule has 0 aromatic carbocycles. The van der Waals surface area contributed by atoms with Crippen LogP contribution in [0.4, 0.5) is 5.88 Å². The Bertz CT molecular complexity index is 954. The minimum absolute atomic E-state index is 0.0323. The lowest BCUT2D eigenvalue weighted by molar-refractivity contribution is -0.0955. The van der Waals surface area contributed by atoms with E-state index in [-0.39, 0.29) is 5.43 Å². The van der Waals surface area contributed by atoms with Crippen molar-refractivity contribution in [3.63, 3.8) is 0 Å². The molecular formula is C18H19NO5S2. The van der Waals surface area contributed by atoms with Crippen LogP contribution >= 0.6 is 22.7 Å². The molecule has 3 aromatic rings. The monoisotopic (exact) mass is 393 g/mol. The zero-order chi connectivity index (χ0) is 18.1. The third-order valence-electron chi connectivity index (χ3n) is 4.21. The minimum Gasteiger partial charge on any atom is -0.439 e. The summed E-state index contributed by atoms with van der Waals surface area (Å²) < 4.78 is 17.3. The van der Waals surface area contributed by atoms with E-state index in [1.807, 2.05) is 29.3 Å². The molecule has 0 saturated carbocycles. The van der Waals surface area contributed by atoms with Gasteiger partial charge in [-0.25, -0.2) is 0 Å². The van der Waals surface area contributed by atoms with E-state index in [1.54, 1.807) is 6.07 Å². The molecule has 138 valence electrons. The molecule has 1 aliphatic heterocycles. The van der Waals surface area contributed by atoms with Crippen LogP contribution in [-0.2, 0) is 9.47 Å². The summed E-state index contributed by atoms with van der Waals surface area (Å²) in [5.41, 5.74) is 1.44. The second-order valence-electron chi connectivity index (χ2n) is 5.87. The summed E-state index contributed by atoms with van der Waals surface area (Å²) in [6, 6.07) is 5.32. The zero-order valence-corrected chi connectivity index (χ0v) is 15.9. The summed E-state index contributed by atoms with van der Waals surface area (Å²) in [7, 11) is 0. The maximum absolute atomic E-state index is 12.5. The van der Waals surface area contributed by atoms with Crippen LogP contribution < -0.4 is 10.3 Å². The van der Waals surface area contributed by atoms with Crippen LogP contribution in [0.3, 0.4) is 0 Å². The van der Waals surface area contributed by atoms with Crippen LogP contribution in [0.15, 0.2) is 32.8 Å². The highest BCUT2D eigenvalue weighted by Crippen LogP contribution is 2.39. The van der Waals surface area contributed by atoms with Crippen molar-refractivity contribution in [2.45, 2.75) is 13.2 Å². The summed E-state index contributed by atoms with van der Waals surface area (Å²) in [5, 5.41) is 11.9. The Balaban J connectivity index is 1.74. The summed E-state index contributed by atoms with van der Waals surface area (Å²) >= 11 is 2.82. The van der Waals surface area contributed by atoms with Crippen molar-refractivity contribution in [3.8, 4) is 10.4 Å². The van der Waals surface area contributed by atoms with Gasteiger partial charge in [-0.3, -0.25) is 4.79 Å². The lowest BCUT2D eigenvalue weighted by Crippen LogP contribution is -2.36. The highest BCUT2D eigenvalue weighted by Gasteiger charge is 2.20. The SMILES string of the molecule is CCOC(O)c1ccc(-c2csc3c(=O)cc(N4CCOCC4)oc23)s1. The van der Waals surface area contributed by atoms with Gasteiger partial charge >= 0.3 is 0 Å². The second-order valence-corrected chi connectivity index (χ2v) is 7.86. The molecule has 26 heavy (non-hydrogen) atoms. The first-order valence-corrected chi connectivity index (χ1v) is 10.1. The maximum Gasteiger partial charge on any atom is 0.204 e. The zero-order valence-electron chi connectivity index (χ0n) is 14.3. The Labute approximate surface area is 158 Å². The van der Waals surface area contributed by atoms with Crippen LogP contribution in [0.25, 0.3) is 20.7 Å². The van der Waals surface area contributed by atoms with E-state index < -0.39 is 6.29 Å². The Kier molecular flexibility index (Phi) is 5.10. The molecule has 4 rings (SSSR count). The first kappa shape index (κ1) is 17.7. The molecule has 0 spiro atoms. The number of anilines is 1. The Morgan fingerprint density at radius 1 is 1.35 bits per heavy atom. The van der Waals surface area contributed by atoms with Crippen molar-refractivity contribution in [1.82, 2.24) is 0 Å². The number of aliphatic hydroxyl groups is 1. The standard InChI is InChI=1S/C18H19NO5S2/c1-2-23-18(21)14-4-3-13(26-14)11-10-25-17-12(20)9-15(24-16(11)17)19-5-7-22-8-6-19/h3-4,9-10,18,21H,2,5-8H2,1H3. The summed E-state index contributed by atoms with van der Waals surface area (Å²) in [6.07, 6.45) is -0.931. The molecule has 0 amide bonds. The number of ether oxygens (including phenoxy) is 2. The predicted molar refractivity (Wildman–Crippen MR) is 103 cm³/mol. The van der Waals surface area contributed by atoms with Gasteiger partial charge in [0, 0.05) is 41.6 Å². The Hall–Kier alpha value is -1.71. The Morgan fingerprint density at radius 3 is 2.92 bits per heavy atom. The van der Waals surface area contributed by atoms with E-state index in [4.69, 9.17) is 13.9 Å². The molecule has 1 atom stereocenters. The van der Waals surface area contributed by atoms with E-state index in [0.717, 1.165) is 15.3 Å². The number of fused-ring (bicyclic) bond motifs is 1. The molecule has 1 unspecified atom stereocenters. The molecule has 4 heterocycles. The number of morpholine rings is 1. The van der Waals surface area contributed by atoms with Crippen LogP contribution in [0.5, 0.6) is 0 Å². The summed E-state index contributed by atoms with van der Waals surface area (Å²) in [6.45, 7) is 4.94. The van der Waals surface area contributed by atoms with E-state index >= 15 is 0 Å². The molecular weight excluding hydrogens is 374 g/mol. The lowest BCUT2D eigenvalue weighted by Gasteiger charge is -2.27. The van der Waals surface area contributed by atoms with Crippen LogP contribution in [0.2, 0.25) is 0 Å². The molecule has 6 nitrogen and oxygen atoms in total. The third-order valence-corrected chi connectivity index (χ3v) is 6.34. The number of nitrogens with zero attached hydrogens (tertiary/aromatic N) is 1. The number of rotatable bonds is 5. The fraction of sp³-hybridized carbons (Fsp3) is 0.389. The van der Waals surface area contributed by atoms with Gasteiger partial charge in [0.2, 0.25) is 5.43 Å². The van der Waals surface area contributed by atoms with Crippen molar-refractivity contribution in [1.29, 1.82) is 0 Å². The Morgan fingerprint density at radius 2 is 2.15 bits per heavy atom. The average molecular weight is 393 g/mol. The van der Waals surface area contributed by atoms with Crippen molar-refractivity contribution < 1.29 is 19.0 Å². The van der Waals surface area contributed by atoms with Gasteiger partial charge in [0.05, 0.1) is 18.1 Å². The predicted octanol–water partition coefficient (Wildman–Crippen LogP) is 3.45. The average Bonchev–Trinajstić information content (AvgIpc) is 3.29. The van der Waals surface area contributed by atoms with Gasteiger partial charge in [-0.1, -0.05) is 0 Å². The number of thiophene rings is 2. The van der Waals surface area contributed by atoms with E-state index in [1.165, 1.54) is 22.7 Å². The van der Waals surface area contributed by atoms with Gasteiger partial charge in [-0.15, -0.1) is 22.7 Å². The van der Waals surface area contributed by atoms with Gasteiger partial charge in [0.1, 0.15) is 4.70 Å². The van der Waals surface area contributed by atoms with Crippen LogP contribution in [0, 0.1) is 0 Å². The van der Waals surface area contributed by atoms with E-state index in [2.05, 4.69) is 0 Å². The third kappa shape index (κ3) is 3.30. The molecule has 0 radical (unpaired) electrons. The van der Waals surface area contributed by atoms with Crippen molar-refractivity contribution in [2.24, 2.45) is 0 Å². The van der Waals surface area contributed by atoms with Crippen molar-refractivity contribution >= 4 is 38.8 Å². The van der Waals surface area contributed by atoms with Gasteiger partial charge in [0.25, 0.3) is 0 Å². The topological polar surface area (TPSA) is 72.1 Å². The first-order chi connectivity index (χ1) is 12.7. The smallest absolute Gasteiger partial charge is 0.204 e. The fourth-order valence-corrected chi connectivity index (χ4v) is 4.84. The number of hydrogen-bond acceptors (Lipinski definition) is 8. The lowest BCUT2D eigenvalue weighted by atomic mass is 10.2. The fourth-order valence-electron chi connectivity index (χ4n) is 2.91. The molecule has 1 saturated heterocycles. The van der Waals surface area contributed by atoms with E-state index in [0.29, 0.717) is 49.1 Å². The molecule has 1 aliphatic rings. The van der Waals surface area contributed by atoms with Crippen molar-refractivity contribution in [2.75, 3.05) is 37.8 Å². The minimum atomic E-state index is -0.931. The largest absolute Gasteiger partial charge is 0.439 e. The van der Waals surface area contributed by atoms with Gasteiger partial charge < -0.3 is 23.9 Å². The molecule has 1 fully saturated rings.